The van der Waals surface area contributed by atoms with Crippen LogP contribution in [-0.2, 0) is 11.8 Å². The van der Waals surface area contributed by atoms with Crippen LogP contribution in [0.3, 0.4) is 0 Å². The third-order valence-electron chi connectivity index (χ3n) is 6.48. The van der Waals surface area contributed by atoms with E-state index < -0.39 is 17.4 Å². The molecular weight excluding hydrogens is 477 g/mol. The van der Waals surface area contributed by atoms with Crippen LogP contribution in [0.2, 0.25) is 5.02 Å². The lowest BCUT2D eigenvalue weighted by Crippen LogP contribution is -2.64. The van der Waals surface area contributed by atoms with Crippen molar-refractivity contribution in [3.05, 3.63) is 83.0 Å². The smallest absolute Gasteiger partial charge is 0.354 e. The number of alkyl halides is 3. The fourth-order valence-electron chi connectivity index (χ4n) is 4.96. The second-order valence-electron chi connectivity index (χ2n) is 8.24. The molecule has 4 rings (SSSR count). The van der Waals surface area contributed by atoms with Crippen molar-refractivity contribution >= 4 is 17.4 Å². The van der Waals surface area contributed by atoms with Crippen LogP contribution in [0.15, 0.2) is 61.1 Å². The van der Waals surface area contributed by atoms with Gasteiger partial charge in [-0.1, -0.05) is 43.6 Å². The van der Waals surface area contributed by atoms with Gasteiger partial charge in [0.25, 0.3) is 0 Å². The SMILES string of the molecule is CCN(CC)C(c1ncccn1)(c1ccccc1Cl)N1CCN(c2ncccc2C(F)(F)F)CC1. The second-order valence-corrected chi connectivity index (χ2v) is 8.65. The summed E-state index contributed by atoms with van der Waals surface area (Å²) in [6.45, 7) is 7.18. The number of pyridine rings is 1. The first kappa shape index (κ1) is 25.3. The van der Waals surface area contributed by atoms with Crippen LogP contribution in [0, 0.1) is 0 Å². The van der Waals surface area contributed by atoms with E-state index in [0.717, 1.165) is 11.6 Å². The maximum Gasteiger partial charge on any atom is 0.419 e. The first-order valence-corrected chi connectivity index (χ1v) is 12.0. The number of benzene rings is 1. The minimum atomic E-state index is -4.47. The Balaban J connectivity index is 1.78. The third kappa shape index (κ3) is 4.72. The number of rotatable bonds is 7. The molecule has 3 heterocycles. The molecule has 1 aromatic carbocycles. The molecule has 0 amide bonds. The molecule has 10 heteroatoms. The topological polar surface area (TPSA) is 48.4 Å². The Morgan fingerprint density at radius 1 is 0.829 bits per heavy atom. The van der Waals surface area contributed by atoms with Crippen molar-refractivity contribution in [2.24, 2.45) is 0 Å². The van der Waals surface area contributed by atoms with E-state index >= 15 is 0 Å². The van der Waals surface area contributed by atoms with Gasteiger partial charge in [0.1, 0.15) is 5.82 Å². The van der Waals surface area contributed by atoms with E-state index in [1.165, 1.54) is 12.3 Å². The Hall–Kier alpha value is -2.75. The fourth-order valence-corrected chi connectivity index (χ4v) is 5.23. The van der Waals surface area contributed by atoms with Crippen molar-refractivity contribution in [3.8, 4) is 0 Å². The minimum absolute atomic E-state index is 0.0400. The van der Waals surface area contributed by atoms with Crippen LogP contribution in [0.1, 0.15) is 30.8 Å². The molecule has 1 fully saturated rings. The predicted octanol–water partition coefficient (Wildman–Crippen LogP) is 4.91. The maximum absolute atomic E-state index is 13.6. The van der Waals surface area contributed by atoms with E-state index in [0.29, 0.717) is 50.1 Å². The molecule has 1 saturated heterocycles. The Morgan fingerprint density at radius 2 is 1.43 bits per heavy atom. The van der Waals surface area contributed by atoms with Gasteiger partial charge in [-0.3, -0.25) is 9.80 Å². The molecule has 1 aliphatic heterocycles. The standard InChI is InChI=1S/C25H28ClF3N6/c1-3-34(4-2)24(23-31-13-8-14-32-23,19-9-5-6-11-21(19)26)35-17-15-33(16-18-35)22-20(25(27,28)29)10-7-12-30-22/h5-14H,3-4,15-18H2,1-2H3. The predicted molar refractivity (Wildman–Crippen MR) is 130 cm³/mol. The molecule has 3 aromatic rings. The van der Waals surface area contributed by atoms with E-state index in [1.807, 2.05) is 24.3 Å². The highest BCUT2D eigenvalue weighted by Gasteiger charge is 2.49. The number of hydrogen-bond acceptors (Lipinski definition) is 6. The van der Waals surface area contributed by atoms with Crippen LogP contribution in [-0.4, -0.2) is 64.0 Å². The van der Waals surface area contributed by atoms with Crippen molar-refractivity contribution in [1.82, 2.24) is 24.8 Å². The molecule has 0 bridgehead atoms. The average Bonchev–Trinajstić information content (AvgIpc) is 2.88. The van der Waals surface area contributed by atoms with Gasteiger partial charge >= 0.3 is 6.18 Å². The number of halogens is 4. The lowest BCUT2D eigenvalue weighted by molar-refractivity contribution is -0.137. The summed E-state index contributed by atoms with van der Waals surface area (Å²) in [5.41, 5.74) is -0.758. The molecular formula is C25H28ClF3N6. The number of anilines is 1. The van der Waals surface area contributed by atoms with E-state index in [4.69, 9.17) is 11.6 Å². The summed E-state index contributed by atoms with van der Waals surface area (Å²) in [5, 5.41) is 0.582. The number of nitrogens with zero attached hydrogens (tertiary/aromatic N) is 6. The molecule has 35 heavy (non-hydrogen) atoms. The quantitative estimate of drug-likeness (QED) is 0.456. The molecule has 0 radical (unpaired) electrons. The van der Waals surface area contributed by atoms with Gasteiger partial charge in [0.05, 0.1) is 5.56 Å². The van der Waals surface area contributed by atoms with Gasteiger partial charge in [0.15, 0.2) is 11.5 Å². The summed E-state index contributed by atoms with van der Waals surface area (Å²) in [4.78, 5) is 19.6. The Labute approximate surface area is 208 Å². The van der Waals surface area contributed by atoms with Gasteiger partial charge < -0.3 is 4.90 Å². The lowest BCUT2D eigenvalue weighted by atomic mass is 9.92. The Kier molecular flexibility index (Phi) is 7.59. The summed E-state index contributed by atoms with van der Waals surface area (Å²) in [6.07, 6.45) is 0.341. The van der Waals surface area contributed by atoms with Crippen molar-refractivity contribution in [1.29, 1.82) is 0 Å². The van der Waals surface area contributed by atoms with Gasteiger partial charge in [-0.2, -0.15) is 13.2 Å². The number of hydrogen-bond donors (Lipinski definition) is 0. The maximum atomic E-state index is 13.6. The number of piperazine rings is 1. The highest BCUT2D eigenvalue weighted by Crippen LogP contribution is 2.42. The highest BCUT2D eigenvalue weighted by atomic mass is 35.5. The molecule has 0 saturated carbocycles. The van der Waals surface area contributed by atoms with E-state index in [1.54, 1.807) is 23.4 Å². The van der Waals surface area contributed by atoms with Crippen molar-refractivity contribution in [3.63, 3.8) is 0 Å². The molecule has 6 nitrogen and oxygen atoms in total. The van der Waals surface area contributed by atoms with Crippen LogP contribution < -0.4 is 4.90 Å². The Bertz CT molecular complexity index is 1120. The van der Waals surface area contributed by atoms with Crippen LogP contribution in [0.5, 0.6) is 0 Å². The summed E-state index contributed by atoms with van der Waals surface area (Å²) in [6, 6.07) is 11.8. The molecule has 2 aromatic heterocycles. The molecule has 1 unspecified atom stereocenters. The van der Waals surface area contributed by atoms with E-state index in [9.17, 15) is 13.2 Å². The van der Waals surface area contributed by atoms with Gasteiger partial charge in [-0.05, 0) is 37.4 Å². The third-order valence-corrected chi connectivity index (χ3v) is 6.81. The molecule has 0 aliphatic carbocycles. The first-order valence-electron chi connectivity index (χ1n) is 11.6. The van der Waals surface area contributed by atoms with Crippen molar-refractivity contribution in [2.75, 3.05) is 44.2 Å². The Morgan fingerprint density at radius 3 is 2.03 bits per heavy atom. The monoisotopic (exact) mass is 504 g/mol. The molecule has 1 aliphatic rings. The molecule has 0 N–H and O–H groups in total. The summed E-state index contributed by atoms with van der Waals surface area (Å²) < 4.78 is 40.9. The summed E-state index contributed by atoms with van der Waals surface area (Å²) in [5.74, 6) is 0.542. The van der Waals surface area contributed by atoms with Gasteiger partial charge in [-0.15, -0.1) is 0 Å². The molecule has 186 valence electrons. The normalized spacial score (nSPS) is 16.9. The van der Waals surface area contributed by atoms with Gasteiger partial charge in [-0.25, -0.2) is 15.0 Å². The van der Waals surface area contributed by atoms with Gasteiger partial charge in [0, 0.05) is 55.4 Å². The molecule has 1 atom stereocenters. The van der Waals surface area contributed by atoms with Crippen LogP contribution in [0.4, 0.5) is 19.0 Å². The van der Waals surface area contributed by atoms with Crippen molar-refractivity contribution in [2.45, 2.75) is 25.7 Å². The largest absolute Gasteiger partial charge is 0.419 e. The van der Waals surface area contributed by atoms with Crippen molar-refractivity contribution < 1.29 is 13.2 Å². The zero-order valence-corrected chi connectivity index (χ0v) is 20.5. The lowest BCUT2D eigenvalue weighted by Gasteiger charge is -2.52. The summed E-state index contributed by atoms with van der Waals surface area (Å²) in [7, 11) is 0. The minimum Gasteiger partial charge on any atom is -0.354 e. The summed E-state index contributed by atoms with van der Waals surface area (Å²) >= 11 is 6.78. The van der Waals surface area contributed by atoms with E-state index in [-0.39, 0.29) is 5.82 Å². The second kappa shape index (κ2) is 10.5. The highest BCUT2D eigenvalue weighted by molar-refractivity contribution is 6.31. The molecule has 0 spiro atoms. The van der Waals surface area contributed by atoms with Crippen LogP contribution in [0.25, 0.3) is 0 Å². The number of aromatic nitrogens is 3. The van der Waals surface area contributed by atoms with E-state index in [2.05, 4.69) is 38.6 Å². The zero-order valence-electron chi connectivity index (χ0n) is 19.7. The first-order chi connectivity index (χ1) is 16.8. The van der Waals surface area contributed by atoms with Crippen LogP contribution >= 0.6 is 11.6 Å². The fraction of sp³-hybridized carbons (Fsp3) is 0.400. The zero-order chi connectivity index (χ0) is 25.1. The van der Waals surface area contributed by atoms with Gasteiger partial charge in [0.2, 0.25) is 0 Å². The average molecular weight is 505 g/mol.